The Balaban J connectivity index is 1.36. The van der Waals surface area contributed by atoms with Crippen LogP contribution >= 0.6 is 22.7 Å². The lowest BCUT2D eigenvalue weighted by Gasteiger charge is -2.09. The first-order valence-corrected chi connectivity index (χ1v) is 11.0. The van der Waals surface area contributed by atoms with E-state index in [2.05, 4.69) is 10.3 Å². The number of carbonyl (C=O) groups is 2. The maximum Gasteiger partial charge on any atom is 0.348 e. The predicted molar refractivity (Wildman–Crippen MR) is 118 cm³/mol. The largest absolute Gasteiger partial charge is 0.494 e. The van der Waals surface area contributed by atoms with E-state index in [4.69, 9.17) is 14.2 Å². The number of hydrogen-bond acceptors (Lipinski definition) is 9. The molecule has 2 aromatic heterocycles. The molecule has 0 spiro atoms. The highest BCUT2D eigenvalue weighted by atomic mass is 32.1. The molecule has 1 amide bonds. The molecule has 2 heterocycles. The lowest BCUT2D eigenvalue weighted by atomic mass is 10.3. The third-order valence-electron chi connectivity index (χ3n) is 3.82. The normalized spacial score (nSPS) is 10.6. The molecule has 0 aliphatic heterocycles. The molecule has 0 saturated heterocycles. The smallest absolute Gasteiger partial charge is 0.348 e. The monoisotopic (exact) mass is 449 g/mol. The third kappa shape index (κ3) is 5.83. The molecule has 0 aliphatic rings. The highest BCUT2D eigenvalue weighted by molar-refractivity contribution is 7.29. The van der Waals surface area contributed by atoms with Crippen molar-refractivity contribution in [1.82, 2.24) is 10.3 Å². The number of thiazole rings is 1. The number of anilines is 1. The summed E-state index contributed by atoms with van der Waals surface area (Å²) in [5.41, 5.74) is 0. The molecule has 0 atom stereocenters. The molecule has 8 nitrogen and oxygen atoms in total. The Morgan fingerprint density at radius 3 is 2.43 bits per heavy atom. The number of thiophene rings is 1. The van der Waals surface area contributed by atoms with Crippen molar-refractivity contribution in [3.8, 4) is 11.5 Å². The molecule has 1 aromatic carbocycles. The van der Waals surface area contributed by atoms with Crippen molar-refractivity contribution in [3.63, 3.8) is 0 Å². The van der Waals surface area contributed by atoms with Crippen LogP contribution in [-0.4, -0.2) is 57.3 Å². The molecular formula is C20H23N3O5S2. The highest BCUT2D eigenvalue weighted by Crippen LogP contribution is 2.34. The van der Waals surface area contributed by atoms with E-state index in [1.54, 1.807) is 18.2 Å². The number of amides is 1. The number of rotatable bonds is 10. The van der Waals surface area contributed by atoms with Gasteiger partial charge in [-0.25, -0.2) is 9.78 Å². The molecule has 0 saturated carbocycles. The van der Waals surface area contributed by atoms with Gasteiger partial charge in [0.1, 0.15) is 27.8 Å². The number of carbonyl (C=O) groups excluding carboxylic acids is 2. The van der Waals surface area contributed by atoms with Crippen molar-refractivity contribution in [1.29, 1.82) is 0 Å². The Morgan fingerprint density at radius 1 is 1.10 bits per heavy atom. The summed E-state index contributed by atoms with van der Waals surface area (Å²) < 4.78 is 16.9. The third-order valence-corrected chi connectivity index (χ3v) is 6.13. The van der Waals surface area contributed by atoms with E-state index >= 15 is 0 Å². The number of nitrogens with zero attached hydrogens (tertiary/aromatic N) is 2. The zero-order valence-corrected chi connectivity index (χ0v) is 18.6. The number of fused-ring (bicyclic) bond motifs is 1. The fraction of sp³-hybridized carbons (Fsp3) is 0.350. The van der Waals surface area contributed by atoms with Gasteiger partial charge in [-0.05, 0) is 37.3 Å². The number of aromatic nitrogens is 1. The average molecular weight is 450 g/mol. The van der Waals surface area contributed by atoms with E-state index in [1.807, 2.05) is 38.1 Å². The molecule has 0 bridgehead atoms. The fourth-order valence-corrected chi connectivity index (χ4v) is 4.45. The zero-order valence-electron chi connectivity index (χ0n) is 17.0. The molecule has 0 fully saturated rings. The second-order valence-corrected chi connectivity index (χ2v) is 8.39. The van der Waals surface area contributed by atoms with Crippen molar-refractivity contribution in [2.75, 3.05) is 45.4 Å². The van der Waals surface area contributed by atoms with Crippen LogP contribution in [0.5, 0.6) is 11.5 Å². The first kappa shape index (κ1) is 21.8. The SMILES string of the molecule is CCOc1ccc(OCCNC(=O)COC(=O)c2cc3sc(N(C)C)nc3s2)cc1. The van der Waals surface area contributed by atoms with Crippen LogP contribution in [0.2, 0.25) is 0 Å². The van der Waals surface area contributed by atoms with E-state index in [0.717, 1.165) is 20.4 Å². The molecule has 0 radical (unpaired) electrons. The van der Waals surface area contributed by atoms with Gasteiger partial charge in [-0.2, -0.15) is 0 Å². The molecule has 3 aromatic rings. The Bertz CT molecular complexity index is 966. The lowest BCUT2D eigenvalue weighted by molar-refractivity contribution is -0.124. The van der Waals surface area contributed by atoms with Crippen LogP contribution in [-0.2, 0) is 9.53 Å². The first-order chi connectivity index (χ1) is 14.5. The summed E-state index contributed by atoms with van der Waals surface area (Å²) in [6.07, 6.45) is 0. The van der Waals surface area contributed by atoms with Gasteiger partial charge in [0.05, 0.1) is 17.9 Å². The molecule has 0 unspecified atom stereocenters. The van der Waals surface area contributed by atoms with Crippen LogP contribution in [0.15, 0.2) is 30.3 Å². The van der Waals surface area contributed by atoms with Crippen LogP contribution in [0.4, 0.5) is 5.13 Å². The second-order valence-electron chi connectivity index (χ2n) is 6.35. The highest BCUT2D eigenvalue weighted by Gasteiger charge is 2.16. The summed E-state index contributed by atoms with van der Waals surface area (Å²) in [7, 11) is 3.83. The summed E-state index contributed by atoms with van der Waals surface area (Å²) in [5.74, 6) is 0.546. The van der Waals surface area contributed by atoms with E-state index in [0.29, 0.717) is 30.4 Å². The van der Waals surface area contributed by atoms with Crippen molar-refractivity contribution < 1.29 is 23.8 Å². The number of ether oxygens (including phenoxy) is 3. The number of esters is 1. The van der Waals surface area contributed by atoms with Gasteiger partial charge in [0.2, 0.25) is 0 Å². The standard InChI is InChI=1S/C20H23N3O5S2/c1-4-26-13-5-7-14(8-6-13)27-10-9-21-17(24)12-28-19(25)16-11-15-18(29-16)22-20(30-15)23(2)3/h5-8,11H,4,9-10,12H2,1-3H3,(H,21,24). The Hall–Kier alpha value is -2.85. The topological polar surface area (TPSA) is 90.0 Å². The van der Waals surface area contributed by atoms with Crippen LogP contribution in [0.25, 0.3) is 9.53 Å². The minimum atomic E-state index is -0.530. The summed E-state index contributed by atoms with van der Waals surface area (Å²) >= 11 is 2.76. The van der Waals surface area contributed by atoms with E-state index < -0.39 is 5.97 Å². The molecule has 30 heavy (non-hydrogen) atoms. The minimum Gasteiger partial charge on any atom is -0.494 e. The van der Waals surface area contributed by atoms with Gasteiger partial charge in [0.15, 0.2) is 11.7 Å². The molecule has 3 rings (SSSR count). The maximum absolute atomic E-state index is 12.2. The van der Waals surface area contributed by atoms with Crippen LogP contribution < -0.4 is 19.7 Å². The van der Waals surface area contributed by atoms with Gasteiger partial charge in [-0.3, -0.25) is 4.79 Å². The Morgan fingerprint density at radius 2 is 1.80 bits per heavy atom. The summed E-state index contributed by atoms with van der Waals surface area (Å²) in [5, 5.41) is 3.53. The van der Waals surface area contributed by atoms with E-state index in [-0.39, 0.29) is 12.5 Å². The lowest BCUT2D eigenvalue weighted by Crippen LogP contribution is -2.32. The van der Waals surface area contributed by atoms with Crippen molar-refractivity contribution >= 4 is 49.2 Å². The quantitative estimate of drug-likeness (QED) is 0.376. The first-order valence-electron chi connectivity index (χ1n) is 9.33. The fourth-order valence-electron chi connectivity index (χ4n) is 2.43. The zero-order chi connectivity index (χ0) is 21.5. The Kier molecular flexibility index (Phi) is 7.47. The van der Waals surface area contributed by atoms with Crippen LogP contribution in [0.1, 0.15) is 16.6 Å². The van der Waals surface area contributed by atoms with E-state index in [1.165, 1.54) is 22.7 Å². The number of benzene rings is 1. The summed E-state index contributed by atoms with van der Waals surface area (Å²) in [6.45, 7) is 2.79. The average Bonchev–Trinajstić information content (AvgIpc) is 3.30. The molecular weight excluding hydrogens is 426 g/mol. The summed E-state index contributed by atoms with van der Waals surface area (Å²) in [6, 6.07) is 8.99. The molecule has 1 N–H and O–H groups in total. The maximum atomic E-state index is 12.2. The molecule has 10 heteroatoms. The van der Waals surface area contributed by atoms with Gasteiger partial charge in [0.25, 0.3) is 5.91 Å². The van der Waals surface area contributed by atoms with Crippen LogP contribution in [0, 0.1) is 0 Å². The number of hydrogen-bond donors (Lipinski definition) is 1. The van der Waals surface area contributed by atoms with Crippen molar-refractivity contribution in [2.45, 2.75) is 6.92 Å². The van der Waals surface area contributed by atoms with Gasteiger partial charge in [0, 0.05) is 14.1 Å². The van der Waals surface area contributed by atoms with Gasteiger partial charge >= 0.3 is 5.97 Å². The molecule has 160 valence electrons. The van der Waals surface area contributed by atoms with E-state index in [9.17, 15) is 9.59 Å². The van der Waals surface area contributed by atoms with Crippen LogP contribution in [0.3, 0.4) is 0 Å². The van der Waals surface area contributed by atoms with Gasteiger partial charge in [-0.15, -0.1) is 11.3 Å². The minimum absolute atomic E-state index is 0.300. The van der Waals surface area contributed by atoms with Crippen molar-refractivity contribution in [2.24, 2.45) is 0 Å². The second kappa shape index (κ2) is 10.3. The van der Waals surface area contributed by atoms with Gasteiger partial charge < -0.3 is 24.4 Å². The molecule has 0 aliphatic carbocycles. The van der Waals surface area contributed by atoms with Crippen molar-refractivity contribution in [3.05, 3.63) is 35.2 Å². The number of nitrogens with one attached hydrogen (secondary N) is 1. The van der Waals surface area contributed by atoms with Gasteiger partial charge in [-0.1, -0.05) is 11.3 Å². The predicted octanol–water partition coefficient (Wildman–Crippen LogP) is 3.17. The Labute approximate surface area is 182 Å². The summed E-state index contributed by atoms with van der Waals surface area (Å²) in [4.78, 5) is 31.6.